The maximum Gasteiger partial charge on any atom is 0.319 e. The van der Waals surface area contributed by atoms with Crippen LogP contribution in [0.5, 0.6) is 0 Å². The smallest absolute Gasteiger partial charge is 0.319 e. The van der Waals surface area contributed by atoms with E-state index in [2.05, 4.69) is 5.32 Å². The summed E-state index contributed by atoms with van der Waals surface area (Å²) in [6, 6.07) is 6.34. The van der Waals surface area contributed by atoms with Gasteiger partial charge in [0.1, 0.15) is 5.82 Å². The van der Waals surface area contributed by atoms with E-state index >= 15 is 0 Å². The van der Waals surface area contributed by atoms with Crippen LogP contribution in [0.3, 0.4) is 0 Å². The summed E-state index contributed by atoms with van der Waals surface area (Å²) in [7, 11) is 3.48. The number of carbonyl (C=O) groups excluding carboxylic acids is 2. The van der Waals surface area contributed by atoms with Crippen molar-refractivity contribution in [2.45, 2.75) is 18.9 Å². The van der Waals surface area contributed by atoms with Gasteiger partial charge >= 0.3 is 6.03 Å². The second-order valence-corrected chi connectivity index (χ2v) is 7.24. The molecule has 0 aromatic heterocycles. The third kappa shape index (κ3) is 3.98. The van der Waals surface area contributed by atoms with Gasteiger partial charge in [0.25, 0.3) is 0 Å². The number of halogens is 1. The second kappa shape index (κ2) is 8.03. The highest BCUT2D eigenvalue weighted by Crippen LogP contribution is 2.28. The van der Waals surface area contributed by atoms with Crippen molar-refractivity contribution in [1.82, 2.24) is 20.0 Å². The van der Waals surface area contributed by atoms with E-state index in [-0.39, 0.29) is 29.7 Å². The number of nitrogens with one attached hydrogen (secondary N) is 1. The van der Waals surface area contributed by atoms with E-state index in [1.165, 1.54) is 12.1 Å². The molecule has 3 rings (SSSR count). The number of urea groups is 1. The van der Waals surface area contributed by atoms with Crippen LogP contribution >= 0.6 is 0 Å². The number of rotatable bonds is 2. The molecule has 142 valence electrons. The summed E-state index contributed by atoms with van der Waals surface area (Å²) >= 11 is 0. The Hall–Kier alpha value is -2.15. The van der Waals surface area contributed by atoms with Crippen molar-refractivity contribution in [3.63, 3.8) is 0 Å². The van der Waals surface area contributed by atoms with Crippen LogP contribution < -0.4 is 5.32 Å². The van der Waals surface area contributed by atoms with Crippen molar-refractivity contribution >= 4 is 11.9 Å². The van der Waals surface area contributed by atoms with Gasteiger partial charge in [0.15, 0.2) is 0 Å². The van der Waals surface area contributed by atoms with Crippen molar-refractivity contribution in [3.8, 4) is 0 Å². The van der Waals surface area contributed by atoms with E-state index in [1.807, 2.05) is 11.0 Å². The van der Waals surface area contributed by atoms with Gasteiger partial charge in [0.05, 0.1) is 6.04 Å². The van der Waals surface area contributed by atoms with E-state index in [1.54, 1.807) is 30.0 Å². The minimum Gasteiger partial charge on any atom is -0.333 e. The molecule has 0 bridgehead atoms. The standard InChI is InChI=1S/C19H27FN4O2/c1-22(2)19(26)23-9-6-14(7-10-23)18(25)24-11-8-21-13-17(24)15-4-3-5-16(20)12-15/h3-5,12,14,17,21H,6-11,13H2,1-2H3. The van der Waals surface area contributed by atoms with Crippen molar-refractivity contribution in [1.29, 1.82) is 0 Å². The molecule has 0 spiro atoms. The summed E-state index contributed by atoms with van der Waals surface area (Å²) in [4.78, 5) is 30.4. The fourth-order valence-corrected chi connectivity index (χ4v) is 3.81. The summed E-state index contributed by atoms with van der Waals surface area (Å²) in [5.74, 6) is -0.232. The summed E-state index contributed by atoms with van der Waals surface area (Å²) in [6.45, 7) is 3.20. The summed E-state index contributed by atoms with van der Waals surface area (Å²) < 4.78 is 13.6. The van der Waals surface area contributed by atoms with Gasteiger partial charge in [-0.1, -0.05) is 12.1 Å². The molecule has 2 heterocycles. The molecule has 1 N–H and O–H groups in total. The van der Waals surface area contributed by atoms with Gasteiger partial charge in [-0.2, -0.15) is 0 Å². The van der Waals surface area contributed by atoms with Crippen molar-refractivity contribution in [2.24, 2.45) is 5.92 Å². The Morgan fingerprint density at radius 1 is 1.19 bits per heavy atom. The van der Waals surface area contributed by atoms with Crippen LogP contribution in [0.25, 0.3) is 0 Å². The SMILES string of the molecule is CN(C)C(=O)N1CCC(C(=O)N2CCNCC2c2cccc(F)c2)CC1. The van der Waals surface area contributed by atoms with E-state index in [9.17, 15) is 14.0 Å². The van der Waals surface area contributed by atoms with Gasteiger partial charge < -0.3 is 20.0 Å². The molecular weight excluding hydrogens is 335 g/mol. The van der Waals surface area contributed by atoms with E-state index in [4.69, 9.17) is 0 Å². The molecule has 1 aromatic carbocycles. The minimum absolute atomic E-state index is 0.00397. The number of benzene rings is 1. The van der Waals surface area contributed by atoms with Crippen LogP contribution in [0.1, 0.15) is 24.4 Å². The lowest BCUT2D eigenvalue weighted by Crippen LogP contribution is -2.52. The third-order valence-electron chi connectivity index (χ3n) is 5.26. The quantitative estimate of drug-likeness (QED) is 0.871. The number of amides is 3. The highest BCUT2D eigenvalue weighted by molar-refractivity contribution is 5.80. The summed E-state index contributed by atoms with van der Waals surface area (Å²) in [5, 5.41) is 3.30. The minimum atomic E-state index is -0.282. The average molecular weight is 362 g/mol. The Balaban J connectivity index is 1.67. The number of carbonyl (C=O) groups is 2. The number of nitrogens with zero attached hydrogens (tertiary/aromatic N) is 3. The summed E-state index contributed by atoms with van der Waals surface area (Å²) in [6.07, 6.45) is 1.36. The maximum absolute atomic E-state index is 13.6. The molecule has 0 saturated carbocycles. The fraction of sp³-hybridized carbons (Fsp3) is 0.579. The molecule has 2 saturated heterocycles. The lowest BCUT2D eigenvalue weighted by Gasteiger charge is -2.40. The Morgan fingerprint density at radius 3 is 2.58 bits per heavy atom. The van der Waals surface area contributed by atoms with E-state index in [0.29, 0.717) is 39.0 Å². The molecule has 1 atom stereocenters. The van der Waals surface area contributed by atoms with E-state index in [0.717, 1.165) is 12.1 Å². The zero-order valence-electron chi connectivity index (χ0n) is 15.4. The monoisotopic (exact) mass is 362 g/mol. The zero-order valence-corrected chi connectivity index (χ0v) is 15.4. The van der Waals surface area contributed by atoms with Gasteiger partial charge in [-0.05, 0) is 30.5 Å². The van der Waals surface area contributed by atoms with Gasteiger partial charge in [-0.25, -0.2) is 9.18 Å². The van der Waals surface area contributed by atoms with Crippen LogP contribution in [0.2, 0.25) is 0 Å². The van der Waals surface area contributed by atoms with E-state index < -0.39 is 0 Å². The first-order valence-corrected chi connectivity index (χ1v) is 9.20. The Bertz CT molecular complexity index is 659. The predicted octanol–water partition coefficient (Wildman–Crippen LogP) is 1.69. The largest absolute Gasteiger partial charge is 0.333 e. The van der Waals surface area contributed by atoms with Gasteiger partial charge in [-0.3, -0.25) is 4.79 Å². The lowest BCUT2D eigenvalue weighted by atomic mass is 9.93. The predicted molar refractivity (Wildman–Crippen MR) is 97.1 cm³/mol. The number of hydrogen-bond donors (Lipinski definition) is 1. The number of likely N-dealkylation sites (tertiary alicyclic amines) is 1. The fourth-order valence-electron chi connectivity index (χ4n) is 3.81. The molecule has 1 aromatic rings. The van der Waals surface area contributed by atoms with Gasteiger partial charge in [0, 0.05) is 52.7 Å². The number of piperidine rings is 1. The normalized spacial score (nSPS) is 21.6. The molecule has 0 aliphatic carbocycles. The summed E-state index contributed by atoms with van der Waals surface area (Å²) in [5.41, 5.74) is 0.825. The first-order chi connectivity index (χ1) is 12.5. The molecule has 1 unspecified atom stereocenters. The molecule has 7 heteroatoms. The first-order valence-electron chi connectivity index (χ1n) is 9.20. The van der Waals surface area contributed by atoms with Crippen LogP contribution in [0, 0.1) is 11.7 Å². The van der Waals surface area contributed by atoms with Gasteiger partial charge in [-0.15, -0.1) is 0 Å². The topological polar surface area (TPSA) is 55.9 Å². The molecular formula is C19H27FN4O2. The van der Waals surface area contributed by atoms with Crippen LogP contribution in [-0.2, 0) is 4.79 Å². The molecule has 3 amide bonds. The molecule has 2 fully saturated rings. The Labute approximate surface area is 153 Å². The molecule has 2 aliphatic heterocycles. The lowest BCUT2D eigenvalue weighted by molar-refractivity contribution is -0.140. The highest BCUT2D eigenvalue weighted by Gasteiger charge is 2.35. The Morgan fingerprint density at radius 2 is 1.92 bits per heavy atom. The molecule has 26 heavy (non-hydrogen) atoms. The Kier molecular flexibility index (Phi) is 5.76. The molecule has 0 radical (unpaired) electrons. The van der Waals surface area contributed by atoms with Crippen LogP contribution in [0.15, 0.2) is 24.3 Å². The van der Waals surface area contributed by atoms with Crippen molar-refractivity contribution in [3.05, 3.63) is 35.6 Å². The van der Waals surface area contributed by atoms with Crippen LogP contribution in [0.4, 0.5) is 9.18 Å². The highest BCUT2D eigenvalue weighted by atomic mass is 19.1. The third-order valence-corrected chi connectivity index (χ3v) is 5.26. The molecule has 6 nitrogen and oxygen atoms in total. The zero-order chi connectivity index (χ0) is 18.7. The molecule has 2 aliphatic rings. The van der Waals surface area contributed by atoms with Crippen LogP contribution in [-0.4, -0.2) is 73.5 Å². The van der Waals surface area contributed by atoms with Crippen molar-refractivity contribution in [2.75, 3.05) is 46.8 Å². The first kappa shape index (κ1) is 18.6. The average Bonchev–Trinajstić information content (AvgIpc) is 2.67. The second-order valence-electron chi connectivity index (χ2n) is 7.24. The number of piperazine rings is 1. The van der Waals surface area contributed by atoms with Gasteiger partial charge in [0.2, 0.25) is 5.91 Å². The van der Waals surface area contributed by atoms with Crippen molar-refractivity contribution < 1.29 is 14.0 Å². The maximum atomic E-state index is 13.6. The number of hydrogen-bond acceptors (Lipinski definition) is 3.